The molecule has 3 N–H and O–H groups in total. The molecule has 1 aromatic carbocycles. The first-order chi connectivity index (χ1) is 8.33. The van der Waals surface area contributed by atoms with Crippen LogP contribution < -0.4 is 11.1 Å². The second kappa shape index (κ2) is 4.69. The zero-order valence-corrected chi connectivity index (χ0v) is 10.4. The monoisotopic (exact) mass is 230 g/mol. The molecule has 2 aliphatic rings. The fourth-order valence-corrected chi connectivity index (χ4v) is 3.38. The van der Waals surface area contributed by atoms with Crippen LogP contribution in [0.3, 0.4) is 0 Å². The van der Waals surface area contributed by atoms with Crippen molar-refractivity contribution in [3.8, 4) is 0 Å². The summed E-state index contributed by atoms with van der Waals surface area (Å²) in [5.41, 5.74) is 9.74. The van der Waals surface area contributed by atoms with Gasteiger partial charge in [0, 0.05) is 17.8 Å². The van der Waals surface area contributed by atoms with Crippen molar-refractivity contribution in [2.45, 2.75) is 57.0 Å². The summed E-state index contributed by atoms with van der Waals surface area (Å²) in [5, 5.41) is 3.85. The number of benzene rings is 1. The summed E-state index contributed by atoms with van der Waals surface area (Å²) in [7, 11) is 0. The van der Waals surface area contributed by atoms with Crippen molar-refractivity contribution in [1.82, 2.24) is 5.32 Å². The molecule has 1 atom stereocenters. The zero-order valence-electron chi connectivity index (χ0n) is 10.4. The first-order valence-corrected chi connectivity index (χ1v) is 6.97. The molecule has 0 heterocycles. The van der Waals surface area contributed by atoms with E-state index >= 15 is 0 Å². The van der Waals surface area contributed by atoms with Gasteiger partial charge < -0.3 is 11.1 Å². The highest BCUT2D eigenvalue weighted by molar-refractivity contribution is 5.46. The fourth-order valence-electron chi connectivity index (χ4n) is 3.38. The predicted molar refractivity (Wildman–Crippen MR) is 71.9 cm³/mol. The van der Waals surface area contributed by atoms with Gasteiger partial charge >= 0.3 is 0 Å². The van der Waals surface area contributed by atoms with Gasteiger partial charge in [0.25, 0.3) is 0 Å². The van der Waals surface area contributed by atoms with Crippen molar-refractivity contribution in [3.05, 3.63) is 29.3 Å². The maximum absolute atomic E-state index is 5.87. The Hall–Kier alpha value is -1.02. The van der Waals surface area contributed by atoms with Gasteiger partial charge in [0.05, 0.1) is 0 Å². The summed E-state index contributed by atoms with van der Waals surface area (Å²) >= 11 is 0. The summed E-state index contributed by atoms with van der Waals surface area (Å²) < 4.78 is 0. The van der Waals surface area contributed by atoms with Crippen LogP contribution in [0.5, 0.6) is 0 Å². The first kappa shape index (κ1) is 11.1. The van der Waals surface area contributed by atoms with Crippen LogP contribution in [0.25, 0.3) is 0 Å². The normalized spacial score (nSPS) is 24.8. The molecule has 0 radical (unpaired) electrons. The average molecular weight is 230 g/mol. The second-order valence-electron chi connectivity index (χ2n) is 5.55. The van der Waals surface area contributed by atoms with E-state index in [2.05, 4.69) is 17.4 Å². The van der Waals surface area contributed by atoms with Crippen molar-refractivity contribution < 1.29 is 0 Å². The Balaban J connectivity index is 1.78. The van der Waals surface area contributed by atoms with Crippen molar-refractivity contribution in [3.63, 3.8) is 0 Å². The van der Waals surface area contributed by atoms with Crippen molar-refractivity contribution in [2.75, 3.05) is 5.73 Å². The number of aryl methyl sites for hydroxylation is 1. The molecule has 2 aliphatic carbocycles. The molecule has 2 heteroatoms. The van der Waals surface area contributed by atoms with E-state index in [1.54, 1.807) is 0 Å². The number of rotatable bonds is 2. The molecule has 0 aliphatic heterocycles. The number of hydrogen-bond acceptors (Lipinski definition) is 2. The van der Waals surface area contributed by atoms with Crippen LogP contribution in [0.2, 0.25) is 0 Å². The lowest BCUT2D eigenvalue weighted by Gasteiger charge is -2.29. The summed E-state index contributed by atoms with van der Waals surface area (Å²) in [6, 6.07) is 7.77. The molecular formula is C15H22N2. The lowest BCUT2D eigenvalue weighted by molar-refractivity contribution is 0.397. The molecule has 1 unspecified atom stereocenters. The van der Waals surface area contributed by atoms with Gasteiger partial charge in [-0.25, -0.2) is 0 Å². The second-order valence-corrected chi connectivity index (χ2v) is 5.55. The predicted octanol–water partition coefficient (Wildman–Crippen LogP) is 3.18. The summed E-state index contributed by atoms with van der Waals surface area (Å²) in [6.07, 6.45) is 9.30. The van der Waals surface area contributed by atoms with Crippen molar-refractivity contribution in [1.29, 1.82) is 0 Å². The molecule has 0 bridgehead atoms. The minimum Gasteiger partial charge on any atom is -0.399 e. The molecule has 2 nitrogen and oxygen atoms in total. The summed E-state index contributed by atoms with van der Waals surface area (Å²) in [4.78, 5) is 0. The van der Waals surface area contributed by atoms with E-state index in [4.69, 9.17) is 5.73 Å². The highest BCUT2D eigenvalue weighted by Gasteiger charge is 2.24. The third-order valence-electron chi connectivity index (χ3n) is 4.27. The Morgan fingerprint density at radius 1 is 1.06 bits per heavy atom. The van der Waals surface area contributed by atoms with Crippen LogP contribution in [-0.2, 0) is 6.42 Å². The van der Waals surface area contributed by atoms with Gasteiger partial charge in [-0.15, -0.1) is 0 Å². The van der Waals surface area contributed by atoms with Crippen LogP contribution in [0.1, 0.15) is 55.7 Å². The Kier molecular flexibility index (Phi) is 3.06. The van der Waals surface area contributed by atoms with E-state index in [9.17, 15) is 0 Å². The van der Waals surface area contributed by atoms with Crippen LogP contribution in [-0.4, -0.2) is 6.04 Å². The Morgan fingerprint density at radius 3 is 2.71 bits per heavy atom. The largest absolute Gasteiger partial charge is 0.399 e. The first-order valence-electron chi connectivity index (χ1n) is 6.97. The minimum atomic E-state index is 0.572. The molecule has 1 saturated carbocycles. The topological polar surface area (TPSA) is 38.0 Å². The van der Waals surface area contributed by atoms with Crippen LogP contribution >= 0.6 is 0 Å². The van der Waals surface area contributed by atoms with Gasteiger partial charge in [-0.05, 0) is 55.4 Å². The maximum atomic E-state index is 5.87. The molecule has 17 heavy (non-hydrogen) atoms. The lowest BCUT2D eigenvalue weighted by Crippen LogP contribution is -2.32. The van der Waals surface area contributed by atoms with Gasteiger partial charge in [-0.3, -0.25) is 0 Å². The van der Waals surface area contributed by atoms with Crippen molar-refractivity contribution in [2.24, 2.45) is 0 Å². The van der Waals surface area contributed by atoms with E-state index in [0.717, 1.165) is 11.7 Å². The van der Waals surface area contributed by atoms with E-state index in [1.807, 2.05) is 6.07 Å². The maximum Gasteiger partial charge on any atom is 0.0325 e. The SMILES string of the molecule is Nc1ccc2c(c1)CCCC2NC1CCCC1. The number of nitrogens with one attached hydrogen (secondary N) is 1. The molecule has 0 amide bonds. The van der Waals surface area contributed by atoms with Crippen LogP contribution in [0.4, 0.5) is 5.69 Å². The number of nitrogens with two attached hydrogens (primary N) is 1. The van der Waals surface area contributed by atoms with E-state index in [1.165, 1.54) is 56.1 Å². The Morgan fingerprint density at radius 2 is 1.88 bits per heavy atom. The van der Waals surface area contributed by atoms with Gasteiger partial charge in [-0.1, -0.05) is 18.9 Å². The van der Waals surface area contributed by atoms with Gasteiger partial charge in [-0.2, -0.15) is 0 Å². The lowest BCUT2D eigenvalue weighted by atomic mass is 9.87. The summed E-state index contributed by atoms with van der Waals surface area (Å²) in [6.45, 7) is 0. The number of fused-ring (bicyclic) bond motifs is 1. The standard InChI is InChI=1S/C15H22N2/c16-12-8-9-14-11(10-12)4-3-7-15(14)17-13-5-1-2-6-13/h8-10,13,15,17H,1-7,16H2. The third-order valence-corrected chi connectivity index (χ3v) is 4.27. The third kappa shape index (κ3) is 2.32. The fraction of sp³-hybridized carbons (Fsp3) is 0.600. The molecule has 1 aromatic rings. The van der Waals surface area contributed by atoms with Crippen LogP contribution in [0, 0.1) is 0 Å². The molecule has 3 rings (SSSR count). The van der Waals surface area contributed by atoms with E-state index in [0.29, 0.717) is 6.04 Å². The number of hydrogen-bond donors (Lipinski definition) is 2. The van der Waals surface area contributed by atoms with Crippen molar-refractivity contribution >= 4 is 5.69 Å². The highest BCUT2D eigenvalue weighted by Crippen LogP contribution is 2.32. The van der Waals surface area contributed by atoms with Gasteiger partial charge in [0.2, 0.25) is 0 Å². The average Bonchev–Trinajstić information content (AvgIpc) is 2.82. The van der Waals surface area contributed by atoms with E-state index < -0.39 is 0 Å². The Bertz CT molecular complexity index is 394. The summed E-state index contributed by atoms with van der Waals surface area (Å²) in [5.74, 6) is 0. The molecule has 1 fully saturated rings. The van der Waals surface area contributed by atoms with Crippen LogP contribution in [0.15, 0.2) is 18.2 Å². The van der Waals surface area contributed by atoms with E-state index in [-0.39, 0.29) is 0 Å². The molecule has 0 saturated heterocycles. The molecular weight excluding hydrogens is 208 g/mol. The molecule has 92 valence electrons. The zero-order chi connectivity index (χ0) is 11.7. The minimum absolute atomic E-state index is 0.572. The van der Waals surface area contributed by atoms with Gasteiger partial charge in [0.15, 0.2) is 0 Å². The molecule has 0 aromatic heterocycles. The number of anilines is 1. The smallest absolute Gasteiger partial charge is 0.0325 e. The quantitative estimate of drug-likeness (QED) is 0.766. The highest BCUT2D eigenvalue weighted by atomic mass is 15.0. The van der Waals surface area contributed by atoms with Gasteiger partial charge in [0.1, 0.15) is 0 Å². The molecule has 0 spiro atoms. The number of nitrogen functional groups attached to an aromatic ring is 1. The Labute approximate surface area is 104 Å².